The number of piperidine rings is 1. The van der Waals surface area contributed by atoms with Gasteiger partial charge in [0, 0.05) is 29.7 Å². The Morgan fingerprint density at radius 1 is 1.00 bits per heavy atom. The number of hydrogen-bond acceptors (Lipinski definition) is 7. The molecule has 1 saturated heterocycles. The van der Waals surface area contributed by atoms with Gasteiger partial charge in [0.05, 0.1) is 16.8 Å². The summed E-state index contributed by atoms with van der Waals surface area (Å²) in [5, 5.41) is 6.08. The molecule has 41 heavy (non-hydrogen) atoms. The summed E-state index contributed by atoms with van der Waals surface area (Å²) in [4.78, 5) is 28.4. The molecule has 1 fully saturated rings. The van der Waals surface area contributed by atoms with Crippen LogP contribution < -0.4 is 15.4 Å². The number of aryl methyl sites for hydroxylation is 1. The minimum absolute atomic E-state index is 0.0922. The van der Waals surface area contributed by atoms with Crippen LogP contribution in [0.15, 0.2) is 73.1 Å². The average Bonchev–Trinajstić information content (AvgIpc) is 2.96. The normalized spacial score (nSPS) is 14.5. The van der Waals surface area contributed by atoms with Crippen molar-refractivity contribution in [2.24, 2.45) is 0 Å². The molecule has 1 amide bonds. The fourth-order valence-corrected chi connectivity index (χ4v) is 4.57. The van der Waals surface area contributed by atoms with Gasteiger partial charge in [-0.3, -0.25) is 4.79 Å². The summed E-state index contributed by atoms with van der Waals surface area (Å²) in [6.45, 7) is 3.84. The molecule has 1 aliphatic heterocycles. The van der Waals surface area contributed by atoms with E-state index in [1.807, 2.05) is 6.07 Å². The van der Waals surface area contributed by atoms with Crippen molar-refractivity contribution in [3.05, 3.63) is 89.7 Å². The van der Waals surface area contributed by atoms with Crippen LogP contribution in [0.5, 0.6) is 11.6 Å². The number of nitrogens with one attached hydrogen (secondary N) is 2. The number of amides is 1. The smallest absolute Gasteiger partial charge is 0.416 e. The molecule has 2 N–H and O–H groups in total. The Kier molecular flexibility index (Phi) is 8.16. The van der Waals surface area contributed by atoms with Gasteiger partial charge in [-0.15, -0.1) is 0 Å². The predicted molar refractivity (Wildman–Crippen MR) is 150 cm³/mol. The van der Waals surface area contributed by atoms with E-state index in [1.165, 1.54) is 12.1 Å². The maximum atomic E-state index is 13.0. The summed E-state index contributed by atoms with van der Waals surface area (Å²) < 4.78 is 45.3. The number of hydrogen-bond donors (Lipinski definition) is 2. The molecule has 2 aromatic carbocycles. The molecule has 0 bridgehead atoms. The highest BCUT2D eigenvalue weighted by atomic mass is 19.4. The zero-order chi connectivity index (χ0) is 29.0. The number of carbonyl (C=O) groups excluding carboxylic acids is 1. The van der Waals surface area contributed by atoms with Crippen molar-refractivity contribution in [3.63, 3.8) is 0 Å². The van der Waals surface area contributed by atoms with Crippen LogP contribution in [0.4, 0.5) is 24.8 Å². The molecule has 0 atom stereocenters. The van der Waals surface area contributed by atoms with Crippen molar-refractivity contribution >= 4 is 17.5 Å². The molecule has 0 unspecified atom stereocenters. The second kappa shape index (κ2) is 11.9. The Morgan fingerprint density at radius 2 is 1.80 bits per heavy atom. The summed E-state index contributed by atoms with van der Waals surface area (Å²) in [6.07, 6.45) is 0.814. The average molecular weight is 563 g/mol. The van der Waals surface area contributed by atoms with Gasteiger partial charge in [-0.1, -0.05) is 6.07 Å². The number of likely N-dealkylation sites (tertiary alicyclic amines) is 1. The number of anilines is 2. The van der Waals surface area contributed by atoms with Gasteiger partial charge in [-0.05, 0) is 100 Å². The first-order chi connectivity index (χ1) is 19.7. The van der Waals surface area contributed by atoms with E-state index >= 15 is 0 Å². The van der Waals surface area contributed by atoms with Crippen molar-refractivity contribution < 1.29 is 22.7 Å². The van der Waals surface area contributed by atoms with E-state index in [1.54, 1.807) is 49.6 Å². The van der Waals surface area contributed by atoms with Gasteiger partial charge in [-0.2, -0.15) is 13.2 Å². The number of carbonyl (C=O) groups is 1. The lowest BCUT2D eigenvalue weighted by atomic mass is 10.1. The largest absolute Gasteiger partial charge is 0.438 e. The molecular weight excluding hydrogens is 533 g/mol. The summed E-state index contributed by atoms with van der Waals surface area (Å²) >= 11 is 0. The second-order valence-corrected chi connectivity index (χ2v) is 9.96. The van der Waals surface area contributed by atoms with Crippen LogP contribution in [0, 0.1) is 6.92 Å². The summed E-state index contributed by atoms with van der Waals surface area (Å²) in [7, 11) is 2.11. The fourth-order valence-electron chi connectivity index (χ4n) is 4.57. The Hall–Kier alpha value is -4.51. The van der Waals surface area contributed by atoms with Gasteiger partial charge >= 0.3 is 6.18 Å². The minimum atomic E-state index is -4.53. The maximum Gasteiger partial charge on any atom is 0.416 e. The number of aromatic nitrogens is 3. The third-order valence-corrected chi connectivity index (χ3v) is 6.85. The van der Waals surface area contributed by atoms with Gasteiger partial charge in [0.2, 0.25) is 11.8 Å². The first kappa shape index (κ1) is 28.0. The summed E-state index contributed by atoms with van der Waals surface area (Å²) in [5.41, 5.74) is 1.47. The molecule has 5 rings (SSSR count). The lowest BCUT2D eigenvalue weighted by Crippen LogP contribution is -2.37. The third kappa shape index (κ3) is 6.98. The van der Waals surface area contributed by atoms with Gasteiger partial charge in [-0.25, -0.2) is 15.0 Å². The molecule has 3 heterocycles. The molecule has 0 spiro atoms. The molecule has 11 heteroatoms. The Bertz CT molecular complexity index is 1540. The Labute approximate surface area is 235 Å². The number of nitrogens with zero attached hydrogens (tertiary/aromatic N) is 4. The predicted octanol–water partition coefficient (Wildman–Crippen LogP) is 6.42. The van der Waals surface area contributed by atoms with Crippen molar-refractivity contribution in [1.82, 2.24) is 19.9 Å². The second-order valence-electron chi connectivity index (χ2n) is 9.96. The van der Waals surface area contributed by atoms with Crippen LogP contribution in [-0.4, -0.2) is 51.9 Å². The quantitative estimate of drug-likeness (QED) is 0.269. The van der Waals surface area contributed by atoms with E-state index in [2.05, 4.69) is 32.5 Å². The van der Waals surface area contributed by atoms with Crippen LogP contribution in [0.2, 0.25) is 0 Å². The van der Waals surface area contributed by atoms with E-state index in [9.17, 15) is 18.0 Å². The zero-order valence-corrected chi connectivity index (χ0v) is 22.6. The maximum absolute atomic E-state index is 13.0. The molecule has 0 radical (unpaired) electrons. The van der Waals surface area contributed by atoms with Gasteiger partial charge in [0.1, 0.15) is 5.75 Å². The van der Waals surface area contributed by atoms with Crippen LogP contribution >= 0.6 is 0 Å². The van der Waals surface area contributed by atoms with Gasteiger partial charge in [0.25, 0.3) is 5.91 Å². The number of rotatable bonds is 7. The molecule has 212 valence electrons. The Balaban J connectivity index is 1.30. The van der Waals surface area contributed by atoms with E-state index in [4.69, 9.17) is 9.72 Å². The summed E-state index contributed by atoms with van der Waals surface area (Å²) in [5.74, 6) is 0.745. The lowest BCUT2D eigenvalue weighted by Gasteiger charge is -2.29. The van der Waals surface area contributed by atoms with Crippen molar-refractivity contribution in [2.45, 2.75) is 32.0 Å². The SMILES string of the molecule is Cc1cc(NC(=O)c2cccc(C(F)(F)F)c2)ccc1Oc1ncccc1-c1ccnc(NC2CCN(C)CC2)n1. The molecule has 0 saturated carbocycles. The zero-order valence-electron chi connectivity index (χ0n) is 22.6. The monoisotopic (exact) mass is 562 g/mol. The van der Waals surface area contributed by atoms with E-state index in [0.29, 0.717) is 46.1 Å². The van der Waals surface area contributed by atoms with Gasteiger partial charge in [0.15, 0.2) is 0 Å². The number of pyridine rings is 1. The topological polar surface area (TPSA) is 92.3 Å². The molecule has 4 aromatic rings. The first-order valence-corrected chi connectivity index (χ1v) is 13.2. The molecule has 0 aliphatic carbocycles. The standard InChI is InChI=1S/C30H29F3N6O2/c1-19-17-23(36-27(40)20-5-3-6-21(18-20)30(31,32)33)8-9-26(19)41-28-24(7-4-13-34-28)25-10-14-35-29(38-25)37-22-11-15-39(2)16-12-22/h3-10,13-14,17-18,22H,11-12,15-16H2,1-2H3,(H,36,40)(H,35,37,38). The van der Waals surface area contributed by atoms with E-state index in [-0.39, 0.29) is 5.56 Å². The molecule has 2 aromatic heterocycles. The number of ether oxygens (including phenoxy) is 1. The van der Waals surface area contributed by atoms with E-state index in [0.717, 1.165) is 38.1 Å². The van der Waals surface area contributed by atoms with Crippen LogP contribution in [0.25, 0.3) is 11.3 Å². The molecule has 1 aliphatic rings. The minimum Gasteiger partial charge on any atom is -0.438 e. The van der Waals surface area contributed by atoms with Crippen molar-refractivity contribution in [1.29, 1.82) is 0 Å². The number of benzene rings is 2. The van der Waals surface area contributed by atoms with Crippen LogP contribution in [0.3, 0.4) is 0 Å². The lowest BCUT2D eigenvalue weighted by molar-refractivity contribution is -0.137. The van der Waals surface area contributed by atoms with Crippen LogP contribution in [0.1, 0.15) is 34.3 Å². The first-order valence-electron chi connectivity index (χ1n) is 13.2. The Morgan fingerprint density at radius 3 is 2.56 bits per heavy atom. The molecular formula is C30H29F3N6O2. The number of alkyl halides is 3. The van der Waals surface area contributed by atoms with E-state index < -0.39 is 17.6 Å². The highest BCUT2D eigenvalue weighted by molar-refractivity contribution is 6.04. The van der Waals surface area contributed by atoms with Crippen molar-refractivity contribution in [2.75, 3.05) is 30.8 Å². The highest BCUT2D eigenvalue weighted by Gasteiger charge is 2.31. The summed E-state index contributed by atoms with van der Waals surface area (Å²) in [6, 6.07) is 15.0. The molecule has 8 nitrogen and oxygen atoms in total. The fraction of sp³-hybridized carbons (Fsp3) is 0.267. The highest BCUT2D eigenvalue weighted by Crippen LogP contribution is 2.33. The third-order valence-electron chi connectivity index (χ3n) is 6.85. The van der Waals surface area contributed by atoms with Crippen molar-refractivity contribution in [3.8, 4) is 22.9 Å². The number of halogens is 3. The van der Waals surface area contributed by atoms with Gasteiger partial charge < -0.3 is 20.3 Å². The van der Waals surface area contributed by atoms with Crippen LogP contribution in [-0.2, 0) is 6.18 Å².